The van der Waals surface area contributed by atoms with Crippen LogP contribution in [0.4, 0.5) is 0 Å². The topological polar surface area (TPSA) is 85.6 Å². The van der Waals surface area contributed by atoms with Crippen molar-refractivity contribution in [3.8, 4) is 11.5 Å². The van der Waals surface area contributed by atoms with Crippen molar-refractivity contribution in [1.29, 1.82) is 0 Å². The fraction of sp³-hybridized carbons (Fsp3) is 0.150. The zero-order chi connectivity index (χ0) is 18.8. The number of aryl methyl sites for hydroxylation is 2. The summed E-state index contributed by atoms with van der Waals surface area (Å²) in [6.07, 6.45) is 9.49. The fourth-order valence-corrected chi connectivity index (χ4v) is 3.00. The Hall–Kier alpha value is -3.61. The van der Waals surface area contributed by atoms with E-state index in [4.69, 9.17) is 0 Å². The fourth-order valence-electron chi connectivity index (χ4n) is 3.00. The van der Waals surface area contributed by atoms with Gasteiger partial charge in [0.2, 0.25) is 0 Å². The number of hydrogen-bond donors (Lipinski definition) is 1. The van der Waals surface area contributed by atoms with E-state index in [1.807, 2.05) is 30.5 Å². The summed E-state index contributed by atoms with van der Waals surface area (Å²) in [6.45, 7) is 3.87. The molecule has 0 radical (unpaired) electrons. The predicted molar refractivity (Wildman–Crippen MR) is 103 cm³/mol. The van der Waals surface area contributed by atoms with Crippen LogP contribution in [0.2, 0.25) is 0 Å². The van der Waals surface area contributed by atoms with E-state index in [9.17, 15) is 4.79 Å². The highest BCUT2D eigenvalue weighted by Crippen LogP contribution is 2.20. The molecule has 1 N–H and O–H groups in total. The first-order valence-electron chi connectivity index (χ1n) is 8.67. The minimum absolute atomic E-state index is 0.275. The van der Waals surface area contributed by atoms with E-state index in [0.717, 1.165) is 22.9 Å². The largest absolute Gasteiger partial charge is 0.273 e. The summed E-state index contributed by atoms with van der Waals surface area (Å²) in [5.74, 6) is 0.219. The van der Waals surface area contributed by atoms with Crippen LogP contribution < -0.4 is 5.43 Å². The van der Waals surface area contributed by atoms with E-state index in [1.54, 1.807) is 30.2 Å². The van der Waals surface area contributed by atoms with Crippen LogP contribution in [0, 0.1) is 6.92 Å². The van der Waals surface area contributed by atoms with Crippen LogP contribution in [-0.4, -0.2) is 30.5 Å². The molecule has 1 amide bonds. The van der Waals surface area contributed by atoms with Crippen molar-refractivity contribution < 1.29 is 4.79 Å². The molecule has 0 aromatic carbocycles. The molecular weight excluding hydrogens is 340 g/mol. The second kappa shape index (κ2) is 6.95. The minimum atomic E-state index is -0.275. The van der Waals surface area contributed by atoms with Crippen LogP contribution >= 0.6 is 0 Å². The van der Waals surface area contributed by atoms with Gasteiger partial charge in [0.15, 0.2) is 5.82 Å². The van der Waals surface area contributed by atoms with E-state index in [2.05, 4.69) is 32.3 Å². The van der Waals surface area contributed by atoms with E-state index in [0.29, 0.717) is 22.8 Å². The van der Waals surface area contributed by atoms with E-state index in [-0.39, 0.29) is 5.91 Å². The number of hydrogen-bond acceptors (Lipinski definition) is 5. The van der Waals surface area contributed by atoms with Crippen LogP contribution in [0.15, 0.2) is 55.2 Å². The van der Waals surface area contributed by atoms with Crippen LogP contribution in [-0.2, 0) is 6.42 Å². The molecule has 0 unspecified atom stereocenters. The Labute approximate surface area is 156 Å². The summed E-state index contributed by atoms with van der Waals surface area (Å²) >= 11 is 0. The zero-order valence-corrected chi connectivity index (χ0v) is 15.0. The Morgan fingerprint density at radius 3 is 2.78 bits per heavy atom. The molecule has 0 saturated carbocycles. The molecule has 134 valence electrons. The lowest BCUT2D eigenvalue weighted by molar-refractivity contribution is 0.101. The third-order valence-corrected chi connectivity index (χ3v) is 4.41. The third kappa shape index (κ3) is 3.15. The van der Waals surface area contributed by atoms with Gasteiger partial charge in [0.05, 0.1) is 23.0 Å². The van der Waals surface area contributed by atoms with Gasteiger partial charge >= 0.3 is 0 Å². The van der Waals surface area contributed by atoms with E-state index in [1.165, 1.54) is 6.20 Å². The molecule has 27 heavy (non-hydrogen) atoms. The Bertz CT molecular complexity index is 1120. The molecule has 0 atom stereocenters. The molecule has 0 fully saturated rings. The molecule has 4 aromatic heterocycles. The first-order chi connectivity index (χ1) is 13.2. The number of nitrogens with zero attached hydrogens (tertiary/aromatic N) is 5. The number of nitrogens with one attached hydrogen (secondary N) is 1. The number of carbonyl (C=O) groups is 1. The lowest BCUT2D eigenvalue weighted by Crippen LogP contribution is -2.23. The SMILES string of the molecule is CCc1cn(NC(=O)c2cnc(-c3ccccn3)nc2C)c2cnccc12. The number of amides is 1. The maximum atomic E-state index is 12.8. The minimum Gasteiger partial charge on any atom is -0.267 e. The number of rotatable bonds is 4. The molecule has 0 saturated heterocycles. The van der Waals surface area contributed by atoms with Gasteiger partial charge in [0, 0.05) is 30.2 Å². The van der Waals surface area contributed by atoms with Gasteiger partial charge in [0.1, 0.15) is 5.69 Å². The summed E-state index contributed by atoms with van der Waals surface area (Å²) in [5.41, 5.74) is 6.57. The molecule has 4 aromatic rings. The van der Waals surface area contributed by atoms with Crippen molar-refractivity contribution >= 4 is 16.8 Å². The summed E-state index contributed by atoms with van der Waals surface area (Å²) in [7, 11) is 0. The van der Waals surface area contributed by atoms with Gasteiger partial charge in [-0.15, -0.1) is 0 Å². The Morgan fingerprint density at radius 1 is 1.15 bits per heavy atom. The predicted octanol–water partition coefficient (Wildman–Crippen LogP) is 3.14. The molecule has 4 rings (SSSR count). The van der Waals surface area contributed by atoms with Crippen LogP contribution in [0.3, 0.4) is 0 Å². The van der Waals surface area contributed by atoms with Crippen LogP contribution in [0.25, 0.3) is 22.4 Å². The summed E-state index contributed by atoms with van der Waals surface area (Å²) in [5, 5.41) is 1.08. The average molecular weight is 358 g/mol. The first-order valence-corrected chi connectivity index (χ1v) is 8.67. The lowest BCUT2D eigenvalue weighted by atomic mass is 10.2. The number of carbonyl (C=O) groups excluding carboxylic acids is 1. The van der Waals surface area contributed by atoms with Crippen LogP contribution in [0.5, 0.6) is 0 Å². The standard InChI is InChI=1S/C20H18N6O/c1-3-14-12-26(18-11-21-9-7-15(14)18)25-20(27)16-10-23-19(24-13(16)2)17-6-4-5-8-22-17/h4-12H,3H2,1-2H3,(H,25,27). The van der Waals surface area contributed by atoms with Gasteiger partial charge in [-0.25, -0.2) is 9.97 Å². The van der Waals surface area contributed by atoms with Gasteiger partial charge < -0.3 is 0 Å². The van der Waals surface area contributed by atoms with E-state index >= 15 is 0 Å². The number of pyridine rings is 2. The van der Waals surface area contributed by atoms with Crippen molar-refractivity contribution in [3.63, 3.8) is 0 Å². The zero-order valence-electron chi connectivity index (χ0n) is 15.0. The second-order valence-corrected chi connectivity index (χ2v) is 6.12. The van der Waals surface area contributed by atoms with Gasteiger partial charge in [0.25, 0.3) is 5.91 Å². The number of fused-ring (bicyclic) bond motifs is 1. The van der Waals surface area contributed by atoms with Crippen molar-refractivity contribution in [2.45, 2.75) is 20.3 Å². The first kappa shape index (κ1) is 16.8. The molecule has 7 heteroatoms. The molecule has 0 aliphatic carbocycles. The molecular formula is C20H18N6O. The van der Waals surface area contributed by atoms with E-state index < -0.39 is 0 Å². The van der Waals surface area contributed by atoms with Crippen molar-refractivity contribution in [1.82, 2.24) is 24.6 Å². The van der Waals surface area contributed by atoms with Crippen molar-refractivity contribution in [2.75, 3.05) is 5.43 Å². The molecule has 7 nitrogen and oxygen atoms in total. The number of aromatic nitrogens is 5. The lowest BCUT2D eigenvalue weighted by Gasteiger charge is -2.10. The molecule has 4 heterocycles. The molecule has 0 bridgehead atoms. The van der Waals surface area contributed by atoms with Gasteiger partial charge in [-0.2, -0.15) is 0 Å². The van der Waals surface area contributed by atoms with Gasteiger partial charge in [-0.3, -0.25) is 24.9 Å². The second-order valence-electron chi connectivity index (χ2n) is 6.12. The Balaban J connectivity index is 1.64. The Morgan fingerprint density at radius 2 is 2.04 bits per heavy atom. The van der Waals surface area contributed by atoms with Gasteiger partial charge in [-0.05, 0) is 37.1 Å². The van der Waals surface area contributed by atoms with Crippen molar-refractivity contribution in [3.05, 3.63) is 72.1 Å². The smallest absolute Gasteiger partial charge is 0.267 e. The summed E-state index contributed by atoms with van der Waals surface area (Å²) < 4.78 is 1.70. The maximum absolute atomic E-state index is 12.8. The average Bonchev–Trinajstić information content (AvgIpc) is 3.06. The Kier molecular flexibility index (Phi) is 4.33. The highest BCUT2D eigenvalue weighted by atomic mass is 16.2. The molecule has 0 aliphatic rings. The van der Waals surface area contributed by atoms with Gasteiger partial charge in [-0.1, -0.05) is 13.0 Å². The summed E-state index contributed by atoms with van der Waals surface area (Å²) in [6, 6.07) is 7.49. The maximum Gasteiger partial charge on any atom is 0.273 e. The third-order valence-electron chi connectivity index (χ3n) is 4.41. The molecule has 0 aliphatic heterocycles. The van der Waals surface area contributed by atoms with Crippen molar-refractivity contribution in [2.24, 2.45) is 0 Å². The monoisotopic (exact) mass is 358 g/mol. The summed E-state index contributed by atoms with van der Waals surface area (Å²) in [4.78, 5) is 29.9. The quantitative estimate of drug-likeness (QED) is 0.606. The highest BCUT2D eigenvalue weighted by molar-refractivity contribution is 6.01. The normalized spacial score (nSPS) is 10.9. The van der Waals surface area contributed by atoms with Crippen LogP contribution in [0.1, 0.15) is 28.5 Å². The molecule has 0 spiro atoms. The highest BCUT2D eigenvalue weighted by Gasteiger charge is 2.15.